The van der Waals surface area contributed by atoms with Gasteiger partial charge in [-0.1, -0.05) is 18.2 Å². The molecule has 0 bridgehead atoms. The molecule has 0 saturated heterocycles. The molecule has 2 atom stereocenters. The summed E-state index contributed by atoms with van der Waals surface area (Å²) < 4.78 is 11.3. The van der Waals surface area contributed by atoms with Crippen molar-refractivity contribution in [3.63, 3.8) is 0 Å². The molecular weight excluding hydrogens is 282 g/mol. The number of hydrogen-bond acceptors (Lipinski definition) is 4. The monoisotopic (exact) mass is 301 g/mol. The Morgan fingerprint density at radius 3 is 2.71 bits per heavy atom. The fraction of sp³-hybridized carbons (Fsp3) is 0.294. The van der Waals surface area contributed by atoms with Crippen molar-refractivity contribution in [2.75, 3.05) is 7.11 Å². The van der Waals surface area contributed by atoms with Crippen LogP contribution in [0, 0.1) is 0 Å². The molecule has 1 unspecified atom stereocenters. The second-order valence-corrected chi connectivity index (χ2v) is 6.13. The lowest BCUT2D eigenvalue weighted by molar-refractivity contribution is 0.392. The highest BCUT2D eigenvalue weighted by Gasteiger charge is 2.16. The summed E-state index contributed by atoms with van der Waals surface area (Å²) in [6, 6.07) is 12.7. The third-order valence-corrected chi connectivity index (χ3v) is 4.70. The molecule has 0 aliphatic rings. The van der Waals surface area contributed by atoms with Crippen LogP contribution < -0.4 is 10.1 Å². The zero-order valence-electron chi connectivity index (χ0n) is 12.4. The molecule has 0 amide bonds. The van der Waals surface area contributed by atoms with Crippen molar-refractivity contribution in [2.24, 2.45) is 0 Å². The Morgan fingerprint density at radius 1 is 1.14 bits per heavy atom. The molecular formula is C17H19NO2S. The fourth-order valence-corrected chi connectivity index (χ4v) is 3.25. The number of hydrogen-bond donors (Lipinski definition) is 1. The van der Waals surface area contributed by atoms with Gasteiger partial charge in [0.2, 0.25) is 0 Å². The van der Waals surface area contributed by atoms with Crippen LogP contribution in [0.2, 0.25) is 0 Å². The lowest BCUT2D eigenvalue weighted by Crippen LogP contribution is -2.21. The lowest BCUT2D eigenvalue weighted by atomic mass is 10.2. The van der Waals surface area contributed by atoms with Gasteiger partial charge in [0.05, 0.1) is 13.2 Å². The Kier molecular flexibility index (Phi) is 3.99. The average Bonchev–Trinajstić information content (AvgIpc) is 3.15. The van der Waals surface area contributed by atoms with Crippen LogP contribution in [0.5, 0.6) is 5.75 Å². The van der Waals surface area contributed by atoms with Gasteiger partial charge in [0, 0.05) is 16.3 Å². The van der Waals surface area contributed by atoms with Gasteiger partial charge in [-0.3, -0.25) is 0 Å². The first-order chi connectivity index (χ1) is 10.2. The fourth-order valence-electron chi connectivity index (χ4n) is 2.51. The quantitative estimate of drug-likeness (QED) is 0.726. The predicted octanol–water partition coefficient (Wildman–Crippen LogP) is 4.91. The van der Waals surface area contributed by atoms with Crippen molar-refractivity contribution in [1.29, 1.82) is 0 Å². The van der Waals surface area contributed by atoms with Gasteiger partial charge in [-0.25, -0.2) is 0 Å². The van der Waals surface area contributed by atoms with Gasteiger partial charge < -0.3 is 14.5 Å². The first kappa shape index (κ1) is 14.2. The molecule has 0 fully saturated rings. The van der Waals surface area contributed by atoms with Crippen molar-refractivity contribution in [3.8, 4) is 5.75 Å². The second kappa shape index (κ2) is 5.92. The van der Waals surface area contributed by atoms with Gasteiger partial charge in [-0.15, -0.1) is 11.3 Å². The Hall–Kier alpha value is -1.78. The number of methoxy groups -OCH3 is 1. The van der Waals surface area contributed by atoms with Crippen molar-refractivity contribution >= 4 is 22.3 Å². The summed E-state index contributed by atoms with van der Waals surface area (Å²) in [6.45, 7) is 4.29. The number of fused-ring (bicyclic) bond motifs is 1. The molecule has 0 aliphatic heterocycles. The number of rotatable bonds is 5. The van der Waals surface area contributed by atoms with Crippen LogP contribution in [-0.2, 0) is 0 Å². The van der Waals surface area contributed by atoms with Gasteiger partial charge in [-0.2, -0.15) is 0 Å². The summed E-state index contributed by atoms with van der Waals surface area (Å²) in [5.74, 6) is 1.70. The molecule has 1 N–H and O–H groups in total. The highest BCUT2D eigenvalue weighted by atomic mass is 32.1. The maximum Gasteiger partial charge on any atom is 0.176 e. The van der Waals surface area contributed by atoms with Gasteiger partial charge in [0.1, 0.15) is 5.76 Å². The Labute approximate surface area is 128 Å². The molecule has 21 heavy (non-hydrogen) atoms. The van der Waals surface area contributed by atoms with Crippen LogP contribution in [0.1, 0.15) is 36.6 Å². The van der Waals surface area contributed by atoms with Crippen LogP contribution in [0.25, 0.3) is 11.0 Å². The minimum atomic E-state index is 0.138. The molecule has 3 rings (SSSR count). The summed E-state index contributed by atoms with van der Waals surface area (Å²) in [7, 11) is 1.66. The van der Waals surface area contributed by atoms with E-state index in [1.807, 2.05) is 18.2 Å². The molecule has 2 aromatic heterocycles. The molecule has 3 nitrogen and oxygen atoms in total. The minimum Gasteiger partial charge on any atom is -0.493 e. The molecule has 0 saturated carbocycles. The summed E-state index contributed by atoms with van der Waals surface area (Å²) >= 11 is 1.77. The zero-order valence-corrected chi connectivity index (χ0v) is 13.2. The van der Waals surface area contributed by atoms with Gasteiger partial charge in [-0.05, 0) is 37.4 Å². The van der Waals surface area contributed by atoms with E-state index < -0.39 is 0 Å². The van der Waals surface area contributed by atoms with E-state index in [4.69, 9.17) is 9.15 Å². The van der Waals surface area contributed by atoms with Gasteiger partial charge >= 0.3 is 0 Å². The van der Waals surface area contributed by atoms with E-state index >= 15 is 0 Å². The van der Waals surface area contributed by atoms with E-state index in [1.165, 1.54) is 4.88 Å². The number of para-hydroxylation sites is 1. The third-order valence-electron chi connectivity index (χ3n) is 3.64. The summed E-state index contributed by atoms with van der Waals surface area (Å²) in [4.78, 5) is 1.33. The van der Waals surface area contributed by atoms with Crippen LogP contribution in [-0.4, -0.2) is 7.11 Å². The molecule has 0 radical (unpaired) electrons. The van der Waals surface area contributed by atoms with E-state index in [9.17, 15) is 0 Å². The first-order valence-electron chi connectivity index (χ1n) is 7.05. The third kappa shape index (κ3) is 2.82. The Bertz CT molecular complexity index is 718. The minimum absolute atomic E-state index is 0.138. The van der Waals surface area contributed by atoms with Crippen molar-refractivity contribution in [3.05, 3.63) is 52.4 Å². The standard InChI is InChI=1S/C17H19NO2S/c1-11(18-12(2)16-8-5-9-21-16)15-10-13-6-4-7-14(19-3)17(13)20-15/h4-12,18H,1-3H3/t11?,12-/m1/s1. The summed E-state index contributed by atoms with van der Waals surface area (Å²) in [5, 5.41) is 6.75. The van der Waals surface area contributed by atoms with Crippen molar-refractivity contribution in [1.82, 2.24) is 5.32 Å². The van der Waals surface area contributed by atoms with E-state index in [-0.39, 0.29) is 6.04 Å². The smallest absolute Gasteiger partial charge is 0.176 e. The highest BCUT2D eigenvalue weighted by molar-refractivity contribution is 7.10. The van der Waals surface area contributed by atoms with Crippen LogP contribution in [0.15, 0.2) is 46.2 Å². The molecule has 3 aromatic rings. The number of benzene rings is 1. The number of nitrogens with one attached hydrogen (secondary N) is 1. The van der Waals surface area contributed by atoms with E-state index in [1.54, 1.807) is 18.4 Å². The number of furan rings is 1. The molecule has 110 valence electrons. The maximum atomic E-state index is 5.99. The second-order valence-electron chi connectivity index (χ2n) is 5.15. The van der Waals surface area contributed by atoms with Crippen molar-refractivity contribution < 1.29 is 9.15 Å². The summed E-state index contributed by atoms with van der Waals surface area (Å²) in [5.41, 5.74) is 0.812. The van der Waals surface area contributed by atoms with Crippen molar-refractivity contribution in [2.45, 2.75) is 25.9 Å². The maximum absolute atomic E-state index is 5.99. The Morgan fingerprint density at radius 2 is 2.00 bits per heavy atom. The molecule has 0 spiro atoms. The molecule has 4 heteroatoms. The molecule has 1 aromatic carbocycles. The predicted molar refractivity (Wildman–Crippen MR) is 87.1 cm³/mol. The lowest BCUT2D eigenvalue weighted by Gasteiger charge is -2.17. The normalized spacial score (nSPS) is 14.2. The first-order valence-corrected chi connectivity index (χ1v) is 7.93. The Balaban J connectivity index is 1.83. The van der Waals surface area contributed by atoms with Gasteiger partial charge in [0.15, 0.2) is 11.3 Å². The van der Waals surface area contributed by atoms with Crippen LogP contribution >= 0.6 is 11.3 Å². The van der Waals surface area contributed by atoms with E-state index in [0.29, 0.717) is 6.04 Å². The average molecular weight is 301 g/mol. The van der Waals surface area contributed by atoms with Crippen LogP contribution in [0.3, 0.4) is 0 Å². The van der Waals surface area contributed by atoms with E-state index in [2.05, 4.69) is 42.7 Å². The largest absolute Gasteiger partial charge is 0.493 e. The zero-order chi connectivity index (χ0) is 14.8. The van der Waals surface area contributed by atoms with Gasteiger partial charge in [0.25, 0.3) is 0 Å². The number of ether oxygens (including phenoxy) is 1. The van der Waals surface area contributed by atoms with Crippen LogP contribution in [0.4, 0.5) is 0 Å². The topological polar surface area (TPSA) is 34.4 Å². The SMILES string of the molecule is COc1cccc2cc(C(C)N[C@H](C)c3cccs3)oc12. The number of thiophene rings is 1. The highest BCUT2D eigenvalue weighted by Crippen LogP contribution is 2.32. The summed E-state index contributed by atoms with van der Waals surface area (Å²) in [6.07, 6.45) is 0. The molecule has 0 aliphatic carbocycles. The molecule has 2 heterocycles. The van der Waals surface area contributed by atoms with E-state index in [0.717, 1.165) is 22.5 Å².